The lowest BCUT2D eigenvalue weighted by Crippen LogP contribution is -2.13. The van der Waals surface area contributed by atoms with Crippen LogP contribution in [0.15, 0.2) is 60.8 Å². The zero-order chi connectivity index (χ0) is 13.8. The summed E-state index contributed by atoms with van der Waals surface area (Å²) in [4.78, 5) is 3.39. The predicted octanol–water partition coefficient (Wildman–Crippen LogP) is 3.91. The first-order valence-corrected chi connectivity index (χ1v) is 7.15. The monoisotopic (exact) mass is 264 g/mol. The molecule has 0 bridgehead atoms. The Balaban J connectivity index is 2.07. The van der Waals surface area contributed by atoms with Crippen LogP contribution in [0.2, 0.25) is 0 Å². The third-order valence-corrected chi connectivity index (χ3v) is 3.88. The summed E-state index contributed by atoms with van der Waals surface area (Å²) in [5, 5.41) is 4.55. The Hall–Kier alpha value is -2.06. The molecule has 0 saturated carbocycles. The van der Waals surface area contributed by atoms with Crippen molar-refractivity contribution in [3.8, 4) is 0 Å². The molecular formula is C18H20N2. The topological polar surface area (TPSA) is 27.8 Å². The second-order valence-electron chi connectivity index (χ2n) is 5.14. The molecule has 2 nitrogen and oxygen atoms in total. The van der Waals surface area contributed by atoms with Crippen LogP contribution in [0.25, 0.3) is 10.9 Å². The van der Waals surface area contributed by atoms with Crippen molar-refractivity contribution in [1.29, 1.82) is 0 Å². The number of H-pyrrole nitrogens is 1. The third-order valence-electron chi connectivity index (χ3n) is 3.88. The van der Waals surface area contributed by atoms with Crippen LogP contribution in [-0.4, -0.2) is 18.6 Å². The van der Waals surface area contributed by atoms with Crippen molar-refractivity contribution in [1.82, 2.24) is 10.3 Å². The average molecular weight is 264 g/mol. The Kier molecular flexibility index (Phi) is 3.84. The maximum atomic E-state index is 3.39. The van der Waals surface area contributed by atoms with Crippen LogP contribution in [0, 0.1) is 0 Å². The van der Waals surface area contributed by atoms with Gasteiger partial charge in [0, 0.05) is 17.6 Å². The second-order valence-corrected chi connectivity index (χ2v) is 5.14. The van der Waals surface area contributed by atoms with Crippen LogP contribution < -0.4 is 5.32 Å². The normalized spacial score (nSPS) is 12.7. The molecule has 0 fully saturated rings. The highest BCUT2D eigenvalue weighted by molar-refractivity contribution is 5.83. The van der Waals surface area contributed by atoms with Crippen LogP contribution in [0.4, 0.5) is 0 Å². The van der Waals surface area contributed by atoms with Crippen LogP contribution in [0.3, 0.4) is 0 Å². The number of fused-ring (bicyclic) bond motifs is 1. The van der Waals surface area contributed by atoms with Crippen molar-refractivity contribution in [2.24, 2.45) is 0 Å². The summed E-state index contributed by atoms with van der Waals surface area (Å²) in [6.45, 7) is 1.01. The van der Waals surface area contributed by atoms with E-state index in [9.17, 15) is 0 Å². The van der Waals surface area contributed by atoms with Gasteiger partial charge in [-0.1, -0.05) is 48.5 Å². The van der Waals surface area contributed by atoms with Gasteiger partial charge < -0.3 is 10.3 Å². The maximum Gasteiger partial charge on any atom is 0.0492 e. The molecule has 3 aromatic rings. The van der Waals surface area contributed by atoms with Gasteiger partial charge in [0.2, 0.25) is 0 Å². The van der Waals surface area contributed by atoms with Crippen LogP contribution >= 0.6 is 0 Å². The van der Waals surface area contributed by atoms with Gasteiger partial charge in [-0.05, 0) is 42.6 Å². The van der Waals surface area contributed by atoms with Crippen molar-refractivity contribution in [2.75, 3.05) is 13.6 Å². The summed E-state index contributed by atoms with van der Waals surface area (Å²) in [7, 11) is 2.01. The van der Waals surface area contributed by atoms with E-state index in [4.69, 9.17) is 0 Å². The van der Waals surface area contributed by atoms with E-state index in [0.29, 0.717) is 5.92 Å². The number of aromatic nitrogens is 1. The molecule has 1 heterocycles. The fraction of sp³-hybridized carbons (Fsp3) is 0.222. The SMILES string of the molecule is CNCCC(c1ccccc1)c1cccc2cc[nH]c12. The van der Waals surface area contributed by atoms with Gasteiger partial charge in [-0.3, -0.25) is 0 Å². The number of hydrogen-bond donors (Lipinski definition) is 2. The van der Waals surface area contributed by atoms with Crippen LogP contribution in [0.1, 0.15) is 23.5 Å². The zero-order valence-corrected chi connectivity index (χ0v) is 11.8. The molecule has 0 aliphatic heterocycles. The Morgan fingerprint density at radius 3 is 2.65 bits per heavy atom. The molecule has 1 aromatic heterocycles. The molecule has 1 atom stereocenters. The lowest BCUT2D eigenvalue weighted by Gasteiger charge is -2.19. The Bertz CT molecular complexity index is 670. The van der Waals surface area contributed by atoms with Gasteiger partial charge in [0.1, 0.15) is 0 Å². The fourth-order valence-corrected chi connectivity index (χ4v) is 2.88. The summed E-state index contributed by atoms with van der Waals surface area (Å²) < 4.78 is 0. The van der Waals surface area contributed by atoms with E-state index in [0.717, 1.165) is 13.0 Å². The summed E-state index contributed by atoms with van der Waals surface area (Å²) in [6.07, 6.45) is 3.12. The van der Waals surface area contributed by atoms with Gasteiger partial charge in [0.05, 0.1) is 0 Å². The fourth-order valence-electron chi connectivity index (χ4n) is 2.88. The Morgan fingerprint density at radius 2 is 1.85 bits per heavy atom. The first-order valence-electron chi connectivity index (χ1n) is 7.15. The summed E-state index contributed by atoms with van der Waals surface area (Å²) in [5.41, 5.74) is 4.02. The van der Waals surface area contributed by atoms with Crippen LogP contribution in [-0.2, 0) is 0 Å². The van der Waals surface area contributed by atoms with Crippen molar-refractivity contribution < 1.29 is 0 Å². The molecular weight excluding hydrogens is 244 g/mol. The molecule has 0 saturated heterocycles. The van der Waals surface area contributed by atoms with Gasteiger partial charge in [-0.25, -0.2) is 0 Å². The van der Waals surface area contributed by atoms with Crippen molar-refractivity contribution >= 4 is 10.9 Å². The van der Waals surface area contributed by atoms with E-state index in [1.807, 2.05) is 13.2 Å². The second kappa shape index (κ2) is 5.93. The standard InChI is InChI=1S/C18H20N2/c1-19-12-11-16(14-6-3-2-4-7-14)17-9-5-8-15-10-13-20-18(15)17/h2-10,13,16,19-20H,11-12H2,1H3. The Morgan fingerprint density at radius 1 is 1.00 bits per heavy atom. The number of para-hydroxylation sites is 1. The van der Waals surface area contributed by atoms with E-state index in [1.54, 1.807) is 0 Å². The number of rotatable bonds is 5. The summed E-state index contributed by atoms with van der Waals surface area (Å²) >= 11 is 0. The van der Waals surface area contributed by atoms with E-state index < -0.39 is 0 Å². The maximum absolute atomic E-state index is 3.39. The zero-order valence-electron chi connectivity index (χ0n) is 11.8. The van der Waals surface area contributed by atoms with Crippen molar-refractivity contribution in [3.05, 3.63) is 71.9 Å². The molecule has 3 rings (SSSR count). The van der Waals surface area contributed by atoms with E-state index >= 15 is 0 Å². The first kappa shape index (κ1) is 12.9. The minimum Gasteiger partial charge on any atom is -0.361 e. The van der Waals surface area contributed by atoms with Crippen molar-refractivity contribution in [3.63, 3.8) is 0 Å². The minimum absolute atomic E-state index is 0.422. The number of nitrogens with one attached hydrogen (secondary N) is 2. The molecule has 0 amide bonds. The highest BCUT2D eigenvalue weighted by atomic mass is 14.8. The van der Waals surface area contributed by atoms with Crippen LogP contribution in [0.5, 0.6) is 0 Å². The molecule has 2 heteroatoms. The minimum atomic E-state index is 0.422. The van der Waals surface area contributed by atoms with Gasteiger partial charge in [0.15, 0.2) is 0 Å². The van der Waals surface area contributed by atoms with E-state index in [2.05, 4.69) is 64.9 Å². The van der Waals surface area contributed by atoms with Gasteiger partial charge in [-0.2, -0.15) is 0 Å². The number of benzene rings is 2. The van der Waals surface area contributed by atoms with Gasteiger partial charge in [0.25, 0.3) is 0 Å². The third kappa shape index (κ3) is 2.47. The first-order chi connectivity index (χ1) is 9.90. The lowest BCUT2D eigenvalue weighted by molar-refractivity contribution is 0.664. The van der Waals surface area contributed by atoms with E-state index in [1.165, 1.54) is 22.0 Å². The quantitative estimate of drug-likeness (QED) is 0.718. The molecule has 1 unspecified atom stereocenters. The van der Waals surface area contributed by atoms with Gasteiger partial charge in [-0.15, -0.1) is 0 Å². The summed E-state index contributed by atoms with van der Waals surface area (Å²) in [6, 6.07) is 19.5. The molecule has 0 radical (unpaired) electrons. The molecule has 102 valence electrons. The molecule has 2 N–H and O–H groups in total. The molecule has 0 spiro atoms. The largest absolute Gasteiger partial charge is 0.361 e. The highest BCUT2D eigenvalue weighted by Gasteiger charge is 2.16. The molecule has 20 heavy (non-hydrogen) atoms. The molecule has 2 aromatic carbocycles. The number of hydrogen-bond acceptors (Lipinski definition) is 1. The average Bonchev–Trinajstić information content (AvgIpc) is 2.98. The van der Waals surface area contributed by atoms with E-state index in [-0.39, 0.29) is 0 Å². The predicted molar refractivity (Wildman–Crippen MR) is 85.1 cm³/mol. The van der Waals surface area contributed by atoms with Crippen molar-refractivity contribution in [2.45, 2.75) is 12.3 Å². The molecule has 0 aliphatic rings. The summed E-state index contributed by atoms with van der Waals surface area (Å²) in [5.74, 6) is 0.422. The lowest BCUT2D eigenvalue weighted by atomic mass is 9.87. The Labute approximate surface area is 119 Å². The highest BCUT2D eigenvalue weighted by Crippen LogP contribution is 2.32. The molecule has 0 aliphatic carbocycles. The van der Waals surface area contributed by atoms with Gasteiger partial charge >= 0.3 is 0 Å². The smallest absolute Gasteiger partial charge is 0.0492 e. The number of aromatic amines is 1.